The molecule has 1 rings (SSSR count). The van der Waals surface area contributed by atoms with Gasteiger partial charge in [0.25, 0.3) is 0 Å². The van der Waals surface area contributed by atoms with Gasteiger partial charge in [-0.25, -0.2) is 4.79 Å². The van der Waals surface area contributed by atoms with Crippen LogP contribution in [0.2, 0.25) is 0 Å². The summed E-state index contributed by atoms with van der Waals surface area (Å²) >= 11 is 0. The van der Waals surface area contributed by atoms with E-state index >= 15 is 0 Å². The Morgan fingerprint density at radius 2 is 1.65 bits per heavy atom. The van der Waals surface area contributed by atoms with Gasteiger partial charge in [-0.3, -0.25) is 0 Å². The largest absolute Gasteiger partial charge is 0.503 e. The Morgan fingerprint density at radius 1 is 1.18 bits per heavy atom. The smallest absolute Gasteiger partial charge is 0.412 e. The van der Waals surface area contributed by atoms with Crippen LogP contribution in [0.15, 0.2) is 0 Å². The molecule has 0 unspecified atom stereocenters. The lowest BCUT2D eigenvalue weighted by Gasteiger charge is -2.09. The fourth-order valence-corrected chi connectivity index (χ4v) is 0.963. The van der Waals surface area contributed by atoms with Gasteiger partial charge in [-0.2, -0.15) is 17.6 Å². The van der Waals surface area contributed by atoms with Gasteiger partial charge in [-0.05, 0) is 6.92 Å². The Bertz CT molecular complexity index is 435. The first-order valence-corrected chi connectivity index (χ1v) is 4.40. The number of halogens is 4. The van der Waals surface area contributed by atoms with Gasteiger partial charge in [-0.1, -0.05) is 0 Å². The second kappa shape index (κ2) is 4.89. The number of phenolic OH excluding ortho intramolecular Hbond substituents is 1. The maximum Gasteiger partial charge on any atom is 0.412 e. The van der Waals surface area contributed by atoms with E-state index in [4.69, 9.17) is 5.11 Å². The topological polar surface area (TPSA) is 58.6 Å². The lowest BCUT2D eigenvalue weighted by Crippen LogP contribution is -2.27. The summed E-state index contributed by atoms with van der Waals surface area (Å²) < 4.78 is 55.8. The lowest BCUT2D eigenvalue weighted by atomic mass is 10.2. The van der Waals surface area contributed by atoms with E-state index in [9.17, 15) is 22.4 Å². The lowest BCUT2D eigenvalue weighted by molar-refractivity contribution is 0.194. The van der Waals surface area contributed by atoms with E-state index in [-0.39, 0.29) is 6.54 Å². The van der Waals surface area contributed by atoms with Crippen molar-refractivity contribution >= 4 is 6.09 Å². The van der Waals surface area contributed by atoms with Crippen molar-refractivity contribution in [1.82, 2.24) is 5.32 Å². The summed E-state index contributed by atoms with van der Waals surface area (Å²) in [5, 5.41) is 10.6. The van der Waals surface area contributed by atoms with Gasteiger partial charge in [0, 0.05) is 6.54 Å². The van der Waals surface area contributed by atoms with Crippen LogP contribution in [-0.2, 0) is 0 Å². The average molecular weight is 253 g/mol. The number of hydrogen-bond donors (Lipinski definition) is 2. The van der Waals surface area contributed by atoms with E-state index in [1.54, 1.807) is 0 Å². The maximum atomic E-state index is 13.1. The van der Waals surface area contributed by atoms with Gasteiger partial charge in [-0.15, -0.1) is 0 Å². The van der Waals surface area contributed by atoms with Gasteiger partial charge >= 0.3 is 6.09 Å². The van der Waals surface area contributed by atoms with Crippen LogP contribution < -0.4 is 10.1 Å². The van der Waals surface area contributed by atoms with Crippen molar-refractivity contribution in [2.24, 2.45) is 0 Å². The average Bonchev–Trinajstić information content (AvgIpc) is 2.30. The molecule has 1 amide bonds. The van der Waals surface area contributed by atoms with Crippen LogP contribution in [0.3, 0.4) is 0 Å². The molecule has 0 radical (unpaired) electrons. The first-order valence-electron chi connectivity index (χ1n) is 4.40. The minimum atomic E-state index is -2.04. The van der Waals surface area contributed by atoms with E-state index in [1.165, 1.54) is 6.92 Å². The number of benzene rings is 1. The molecule has 2 N–H and O–H groups in total. The zero-order valence-electron chi connectivity index (χ0n) is 8.48. The molecule has 0 aliphatic carbocycles. The summed E-state index contributed by atoms with van der Waals surface area (Å²) in [6.07, 6.45) is -1.28. The molecule has 17 heavy (non-hydrogen) atoms. The molecule has 0 fully saturated rings. The van der Waals surface area contributed by atoms with Crippen LogP contribution in [-0.4, -0.2) is 17.7 Å². The first-order chi connectivity index (χ1) is 7.90. The van der Waals surface area contributed by atoms with E-state index < -0.39 is 40.9 Å². The zero-order valence-corrected chi connectivity index (χ0v) is 8.48. The zero-order chi connectivity index (χ0) is 13.2. The number of nitrogens with one attached hydrogen (secondary N) is 1. The molecule has 8 heteroatoms. The fraction of sp³-hybridized carbons (Fsp3) is 0.222. The van der Waals surface area contributed by atoms with Crippen molar-refractivity contribution in [3.63, 3.8) is 0 Å². The highest BCUT2D eigenvalue weighted by Gasteiger charge is 2.27. The van der Waals surface area contributed by atoms with Crippen LogP contribution in [0.1, 0.15) is 6.92 Å². The Labute approximate surface area is 92.8 Å². The second-order valence-electron chi connectivity index (χ2n) is 2.85. The summed E-state index contributed by atoms with van der Waals surface area (Å²) in [5.74, 6) is -11.4. The standard InChI is InChI=1S/C9H7F4NO3/c1-2-14-9(16)17-8-5(12)3(10)7(15)4(11)6(8)13/h15H,2H2,1H3,(H,14,16). The molecule has 4 nitrogen and oxygen atoms in total. The van der Waals surface area contributed by atoms with Crippen molar-refractivity contribution in [1.29, 1.82) is 0 Å². The van der Waals surface area contributed by atoms with Gasteiger partial charge < -0.3 is 15.2 Å². The van der Waals surface area contributed by atoms with Gasteiger partial charge in [0.2, 0.25) is 29.0 Å². The van der Waals surface area contributed by atoms with Crippen LogP contribution >= 0.6 is 0 Å². The third-order valence-corrected chi connectivity index (χ3v) is 1.72. The highest BCUT2D eigenvalue weighted by atomic mass is 19.2. The minimum Gasteiger partial charge on any atom is -0.503 e. The third-order valence-electron chi connectivity index (χ3n) is 1.72. The first kappa shape index (κ1) is 13.1. The van der Waals surface area contributed by atoms with Crippen LogP contribution in [0.25, 0.3) is 0 Å². The monoisotopic (exact) mass is 253 g/mol. The minimum absolute atomic E-state index is 0.0884. The van der Waals surface area contributed by atoms with Crippen LogP contribution in [0, 0.1) is 23.3 Å². The molecule has 0 atom stereocenters. The van der Waals surface area contributed by atoms with Gasteiger partial charge in [0.1, 0.15) is 0 Å². The second-order valence-corrected chi connectivity index (χ2v) is 2.85. The maximum absolute atomic E-state index is 13.1. The van der Waals surface area contributed by atoms with Crippen molar-refractivity contribution in [3.05, 3.63) is 23.3 Å². The van der Waals surface area contributed by atoms with Gasteiger partial charge in [0.15, 0.2) is 5.75 Å². The summed E-state index contributed by atoms with van der Waals surface area (Å²) in [6.45, 7) is 1.58. The molecule has 1 aromatic rings. The molecule has 1 aromatic carbocycles. The molecule has 0 aliphatic heterocycles. The van der Waals surface area contributed by atoms with Crippen molar-refractivity contribution in [2.75, 3.05) is 6.54 Å². The number of amides is 1. The molecule has 0 bridgehead atoms. The molecule has 0 aromatic heterocycles. The van der Waals surface area contributed by atoms with Crippen molar-refractivity contribution in [2.45, 2.75) is 6.92 Å². The summed E-state index contributed by atoms with van der Waals surface area (Å²) in [4.78, 5) is 10.9. The molecule has 0 heterocycles. The normalized spacial score (nSPS) is 10.2. The molecular weight excluding hydrogens is 246 g/mol. The van der Waals surface area contributed by atoms with Crippen LogP contribution in [0.4, 0.5) is 22.4 Å². The quantitative estimate of drug-likeness (QED) is 0.626. The number of phenols is 1. The summed E-state index contributed by atoms with van der Waals surface area (Å²) in [6, 6.07) is 0. The third kappa shape index (κ3) is 2.40. The number of rotatable bonds is 2. The number of ether oxygens (including phenoxy) is 1. The Hall–Kier alpha value is -1.99. The number of carbonyl (C=O) groups excluding carboxylic acids is 1. The van der Waals surface area contributed by atoms with Gasteiger partial charge in [0.05, 0.1) is 0 Å². The number of hydrogen-bond acceptors (Lipinski definition) is 3. The Balaban J connectivity index is 3.20. The van der Waals surface area contributed by atoms with Crippen molar-refractivity contribution < 1.29 is 32.2 Å². The van der Waals surface area contributed by atoms with E-state index in [0.717, 1.165) is 0 Å². The SMILES string of the molecule is CCNC(=O)Oc1c(F)c(F)c(O)c(F)c1F. The molecule has 0 saturated heterocycles. The molecule has 94 valence electrons. The molecule has 0 aliphatic rings. The van der Waals surface area contributed by atoms with E-state index in [0.29, 0.717) is 0 Å². The highest BCUT2D eigenvalue weighted by Crippen LogP contribution is 2.33. The van der Waals surface area contributed by atoms with Crippen molar-refractivity contribution in [3.8, 4) is 11.5 Å². The number of aromatic hydroxyl groups is 1. The fourth-order valence-electron chi connectivity index (χ4n) is 0.963. The molecule has 0 saturated carbocycles. The Morgan fingerprint density at radius 3 is 2.06 bits per heavy atom. The molecule has 0 spiro atoms. The van der Waals surface area contributed by atoms with E-state index in [1.807, 2.05) is 5.32 Å². The molecular formula is C9H7F4NO3. The number of carbonyl (C=O) groups is 1. The predicted octanol–water partition coefficient (Wildman–Crippen LogP) is 2.06. The summed E-state index contributed by atoms with van der Waals surface area (Å²) in [5.41, 5.74) is 0. The Kier molecular flexibility index (Phi) is 3.77. The summed E-state index contributed by atoms with van der Waals surface area (Å²) in [7, 11) is 0. The van der Waals surface area contributed by atoms with E-state index in [2.05, 4.69) is 4.74 Å². The predicted molar refractivity (Wildman–Crippen MR) is 47.6 cm³/mol. The van der Waals surface area contributed by atoms with Crippen LogP contribution in [0.5, 0.6) is 11.5 Å². The highest BCUT2D eigenvalue weighted by molar-refractivity contribution is 5.70.